The first-order chi connectivity index (χ1) is 9.65. The summed E-state index contributed by atoms with van der Waals surface area (Å²) in [4.78, 5) is 16.0. The Bertz CT molecular complexity index is 671. The molecule has 0 aliphatic rings. The maximum absolute atomic E-state index is 11.4. The molecule has 0 atom stereocenters. The minimum Gasteiger partial charge on any atom is -0.481 e. The predicted molar refractivity (Wildman–Crippen MR) is 82.3 cm³/mol. The molecule has 0 radical (unpaired) electrons. The quantitative estimate of drug-likeness (QED) is 0.888. The number of rotatable bonds is 5. The lowest BCUT2D eigenvalue weighted by molar-refractivity contribution is -0.151. The van der Waals surface area contributed by atoms with Gasteiger partial charge < -0.3 is 14.8 Å². The Morgan fingerprint density at radius 3 is 2.62 bits per heavy atom. The molecule has 21 heavy (non-hydrogen) atoms. The van der Waals surface area contributed by atoms with Crippen molar-refractivity contribution < 1.29 is 9.90 Å². The van der Waals surface area contributed by atoms with Crippen molar-refractivity contribution in [2.75, 3.05) is 0 Å². The summed E-state index contributed by atoms with van der Waals surface area (Å²) in [6.45, 7) is 9.83. The van der Waals surface area contributed by atoms with Crippen molar-refractivity contribution in [3.8, 4) is 0 Å². The smallest absolute Gasteiger partial charge is 0.310 e. The fraction of sp³-hybridized carbons (Fsp3) is 0.500. The van der Waals surface area contributed by atoms with Crippen LogP contribution in [0.3, 0.4) is 0 Å². The van der Waals surface area contributed by atoms with E-state index in [2.05, 4.69) is 10.3 Å². The van der Waals surface area contributed by atoms with Crippen LogP contribution in [0.5, 0.6) is 0 Å². The zero-order valence-electron chi connectivity index (χ0n) is 13.3. The maximum atomic E-state index is 11.4. The number of fused-ring (bicyclic) bond motifs is 1. The molecule has 2 heterocycles. The van der Waals surface area contributed by atoms with Crippen molar-refractivity contribution in [2.45, 2.75) is 46.7 Å². The lowest BCUT2D eigenvalue weighted by Crippen LogP contribution is -2.54. The van der Waals surface area contributed by atoms with Gasteiger partial charge in [0, 0.05) is 24.5 Å². The highest BCUT2D eigenvalue weighted by Gasteiger charge is 2.43. The number of nitrogens with zero attached hydrogens (tertiary/aromatic N) is 2. The molecule has 0 aliphatic heterocycles. The molecule has 5 nitrogen and oxygen atoms in total. The van der Waals surface area contributed by atoms with Crippen LogP contribution in [0, 0.1) is 12.3 Å². The first kappa shape index (κ1) is 15.5. The van der Waals surface area contributed by atoms with Crippen molar-refractivity contribution in [3.63, 3.8) is 0 Å². The van der Waals surface area contributed by atoms with Crippen molar-refractivity contribution in [1.82, 2.24) is 14.7 Å². The van der Waals surface area contributed by atoms with Gasteiger partial charge in [0.05, 0.1) is 11.1 Å². The van der Waals surface area contributed by atoms with Crippen LogP contribution in [0.15, 0.2) is 24.5 Å². The second-order valence-electron chi connectivity index (χ2n) is 6.56. The fourth-order valence-corrected chi connectivity index (χ4v) is 2.09. The first-order valence-electron chi connectivity index (χ1n) is 7.07. The molecule has 0 aliphatic carbocycles. The van der Waals surface area contributed by atoms with Gasteiger partial charge in [-0.15, -0.1) is 0 Å². The van der Waals surface area contributed by atoms with Crippen LogP contribution in [0.25, 0.3) is 5.65 Å². The number of nitrogens with one attached hydrogen (secondary N) is 1. The Labute approximate surface area is 125 Å². The third-order valence-corrected chi connectivity index (χ3v) is 4.54. The van der Waals surface area contributed by atoms with Crippen molar-refractivity contribution >= 4 is 11.6 Å². The largest absolute Gasteiger partial charge is 0.481 e. The van der Waals surface area contributed by atoms with E-state index in [1.165, 1.54) is 0 Å². The van der Waals surface area contributed by atoms with Gasteiger partial charge in [-0.1, -0.05) is 6.07 Å². The van der Waals surface area contributed by atoms with Crippen LogP contribution in [0.2, 0.25) is 0 Å². The Morgan fingerprint density at radius 1 is 1.38 bits per heavy atom. The standard InChI is InChI=1S/C16H23N3O2/c1-11-7-6-8-19-10-12(18-13(11)19)9-17-16(4,5)15(2,3)14(20)21/h6-8,10,17H,9H2,1-5H3,(H,20,21). The second-order valence-corrected chi connectivity index (χ2v) is 6.56. The molecule has 0 unspecified atom stereocenters. The average Bonchev–Trinajstić information content (AvgIpc) is 2.80. The summed E-state index contributed by atoms with van der Waals surface area (Å²) in [6.07, 6.45) is 3.93. The molecule has 2 aromatic rings. The summed E-state index contributed by atoms with van der Waals surface area (Å²) in [5.41, 5.74) is 1.53. The molecule has 0 saturated carbocycles. The lowest BCUT2D eigenvalue weighted by Gasteiger charge is -2.38. The summed E-state index contributed by atoms with van der Waals surface area (Å²) in [6, 6.07) is 4.01. The molecule has 0 bridgehead atoms. The van der Waals surface area contributed by atoms with Gasteiger partial charge in [-0.3, -0.25) is 4.79 Å². The molecular formula is C16H23N3O2. The highest BCUT2D eigenvalue weighted by atomic mass is 16.4. The lowest BCUT2D eigenvalue weighted by atomic mass is 9.74. The third kappa shape index (κ3) is 2.78. The normalized spacial score (nSPS) is 12.8. The van der Waals surface area contributed by atoms with Gasteiger partial charge in [0.25, 0.3) is 0 Å². The summed E-state index contributed by atoms with van der Waals surface area (Å²) < 4.78 is 1.99. The number of hydrogen-bond acceptors (Lipinski definition) is 3. The van der Waals surface area contributed by atoms with Gasteiger partial charge in [-0.05, 0) is 46.2 Å². The highest BCUT2D eigenvalue weighted by Crippen LogP contribution is 2.31. The molecule has 2 N–H and O–H groups in total. The molecule has 2 rings (SSSR count). The molecule has 0 fully saturated rings. The van der Waals surface area contributed by atoms with E-state index in [1.54, 1.807) is 13.8 Å². The summed E-state index contributed by atoms with van der Waals surface area (Å²) in [5.74, 6) is -0.814. The van der Waals surface area contributed by atoms with E-state index >= 15 is 0 Å². The van der Waals surface area contributed by atoms with Crippen molar-refractivity contribution in [2.24, 2.45) is 5.41 Å². The van der Waals surface area contributed by atoms with Crippen LogP contribution in [-0.4, -0.2) is 26.0 Å². The number of aliphatic carboxylic acids is 1. The van der Waals surface area contributed by atoms with Crippen molar-refractivity contribution in [1.29, 1.82) is 0 Å². The molecule has 2 aromatic heterocycles. The maximum Gasteiger partial charge on any atom is 0.310 e. The number of imidazole rings is 1. The van der Waals surface area contributed by atoms with Crippen LogP contribution in [0.1, 0.15) is 39.0 Å². The van der Waals surface area contributed by atoms with Gasteiger partial charge in [0.1, 0.15) is 5.65 Å². The monoisotopic (exact) mass is 289 g/mol. The van der Waals surface area contributed by atoms with E-state index in [4.69, 9.17) is 0 Å². The number of carboxylic acids is 1. The summed E-state index contributed by atoms with van der Waals surface area (Å²) in [5, 5.41) is 12.7. The molecule has 0 spiro atoms. The van der Waals surface area contributed by atoms with Crippen LogP contribution >= 0.6 is 0 Å². The van der Waals surface area contributed by atoms with Gasteiger partial charge in [0.2, 0.25) is 0 Å². The molecule has 5 heteroatoms. The van der Waals surface area contributed by atoms with Gasteiger partial charge >= 0.3 is 5.97 Å². The van der Waals surface area contributed by atoms with Gasteiger partial charge in [-0.2, -0.15) is 0 Å². The highest BCUT2D eigenvalue weighted by molar-refractivity contribution is 5.75. The third-order valence-electron chi connectivity index (χ3n) is 4.54. The van der Waals surface area contributed by atoms with E-state index in [9.17, 15) is 9.90 Å². The number of carbonyl (C=O) groups is 1. The van der Waals surface area contributed by atoms with E-state index in [-0.39, 0.29) is 0 Å². The van der Waals surface area contributed by atoms with E-state index in [1.807, 2.05) is 49.7 Å². The Hall–Kier alpha value is -1.88. The van der Waals surface area contributed by atoms with E-state index in [0.717, 1.165) is 16.9 Å². The summed E-state index contributed by atoms with van der Waals surface area (Å²) >= 11 is 0. The van der Waals surface area contributed by atoms with E-state index in [0.29, 0.717) is 6.54 Å². The summed E-state index contributed by atoms with van der Waals surface area (Å²) in [7, 11) is 0. The molecular weight excluding hydrogens is 266 g/mol. The Morgan fingerprint density at radius 2 is 2.05 bits per heavy atom. The SMILES string of the molecule is Cc1cccn2cc(CNC(C)(C)C(C)(C)C(=O)O)nc12. The zero-order valence-corrected chi connectivity index (χ0v) is 13.3. The van der Waals surface area contributed by atoms with Gasteiger partial charge in [0.15, 0.2) is 0 Å². The van der Waals surface area contributed by atoms with Crippen LogP contribution < -0.4 is 5.32 Å². The number of aromatic nitrogens is 2. The minimum absolute atomic E-state index is 0.533. The number of hydrogen-bond donors (Lipinski definition) is 2. The zero-order chi connectivity index (χ0) is 15.8. The molecule has 0 saturated heterocycles. The molecule has 0 amide bonds. The number of pyridine rings is 1. The minimum atomic E-state index is -0.873. The fourth-order valence-electron chi connectivity index (χ4n) is 2.09. The van der Waals surface area contributed by atoms with Crippen LogP contribution in [0.4, 0.5) is 0 Å². The van der Waals surface area contributed by atoms with Gasteiger partial charge in [-0.25, -0.2) is 4.98 Å². The molecule has 114 valence electrons. The topological polar surface area (TPSA) is 66.6 Å². The second kappa shape index (κ2) is 5.15. The van der Waals surface area contributed by atoms with Crippen molar-refractivity contribution in [3.05, 3.63) is 35.8 Å². The Kier molecular flexibility index (Phi) is 3.80. The molecule has 0 aromatic carbocycles. The number of carboxylic acid groups (broad SMARTS) is 1. The average molecular weight is 289 g/mol. The van der Waals surface area contributed by atoms with E-state index < -0.39 is 16.9 Å². The first-order valence-corrected chi connectivity index (χ1v) is 7.07. The number of aryl methyl sites for hydroxylation is 1. The predicted octanol–water partition coefficient (Wildman–Crippen LogP) is 2.62. The Balaban J connectivity index is 2.18. The van der Waals surface area contributed by atoms with Crippen LogP contribution in [-0.2, 0) is 11.3 Å².